The van der Waals surface area contributed by atoms with Crippen molar-refractivity contribution in [2.45, 2.75) is 39.5 Å². The summed E-state index contributed by atoms with van der Waals surface area (Å²) in [7, 11) is 0. The molecule has 0 radical (unpaired) electrons. The van der Waals surface area contributed by atoms with Crippen LogP contribution in [0.1, 0.15) is 36.8 Å². The van der Waals surface area contributed by atoms with Gasteiger partial charge >= 0.3 is 0 Å². The standard InChI is InChI=1S/C16H23N/c1-11-4-3-5-16(12(11)2)17-10-15-9-13-6-7-14(15)8-13/h3-5,13-15,17H,6-10H2,1-2H3. The summed E-state index contributed by atoms with van der Waals surface area (Å²) in [5.74, 6) is 3.02. The summed E-state index contributed by atoms with van der Waals surface area (Å²) in [4.78, 5) is 0. The molecule has 1 aromatic rings. The second-order valence-electron chi connectivity index (χ2n) is 6.06. The molecule has 0 saturated heterocycles. The molecule has 2 fully saturated rings. The molecular weight excluding hydrogens is 206 g/mol. The monoisotopic (exact) mass is 229 g/mol. The maximum Gasteiger partial charge on any atom is 0.0372 e. The maximum atomic E-state index is 3.68. The maximum absolute atomic E-state index is 3.68. The van der Waals surface area contributed by atoms with Crippen LogP contribution in [-0.2, 0) is 0 Å². The fourth-order valence-electron chi connectivity index (χ4n) is 3.81. The average Bonchev–Trinajstić information content (AvgIpc) is 2.93. The quantitative estimate of drug-likeness (QED) is 0.821. The minimum atomic E-state index is 0.939. The number of hydrogen-bond acceptors (Lipinski definition) is 1. The van der Waals surface area contributed by atoms with Crippen LogP contribution in [0, 0.1) is 31.6 Å². The van der Waals surface area contributed by atoms with Crippen molar-refractivity contribution in [2.75, 3.05) is 11.9 Å². The molecule has 3 unspecified atom stereocenters. The van der Waals surface area contributed by atoms with Gasteiger partial charge in [-0.2, -0.15) is 0 Å². The molecular formula is C16H23N. The lowest BCUT2D eigenvalue weighted by Crippen LogP contribution is -2.20. The lowest BCUT2D eigenvalue weighted by Gasteiger charge is -2.23. The highest BCUT2D eigenvalue weighted by molar-refractivity contribution is 5.53. The van der Waals surface area contributed by atoms with Gasteiger partial charge in [-0.1, -0.05) is 18.6 Å². The van der Waals surface area contributed by atoms with Gasteiger partial charge in [0.15, 0.2) is 0 Å². The summed E-state index contributed by atoms with van der Waals surface area (Å²) >= 11 is 0. The van der Waals surface area contributed by atoms with Gasteiger partial charge in [0.05, 0.1) is 0 Å². The summed E-state index contributed by atoms with van der Waals surface area (Å²) in [6.07, 6.45) is 5.98. The van der Waals surface area contributed by atoms with Crippen LogP contribution >= 0.6 is 0 Å². The first kappa shape index (κ1) is 11.1. The molecule has 2 saturated carbocycles. The van der Waals surface area contributed by atoms with Crippen molar-refractivity contribution in [3.8, 4) is 0 Å². The second kappa shape index (κ2) is 4.36. The van der Waals surface area contributed by atoms with Gasteiger partial charge in [0, 0.05) is 12.2 Å². The van der Waals surface area contributed by atoms with E-state index in [1.807, 2.05) is 0 Å². The van der Waals surface area contributed by atoms with Crippen molar-refractivity contribution < 1.29 is 0 Å². The molecule has 0 heterocycles. The van der Waals surface area contributed by atoms with E-state index in [0.717, 1.165) is 17.8 Å². The van der Waals surface area contributed by atoms with Crippen LogP contribution in [0.4, 0.5) is 5.69 Å². The fraction of sp³-hybridized carbons (Fsp3) is 0.625. The minimum absolute atomic E-state index is 0.939. The number of nitrogens with one attached hydrogen (secondary N) is 1. The Kier molecular flexibility index (Phi) is 2.85. The molecule has 2 aliphatic rings. The Labute approximate surface area is 105 Å². The number of rotatable bonds is 3. The van der Waals surface area contributed by atoms with Crippen molar-refractivity contribution in [3.05, 3.63) is 29.3 Å². The van der Waals surface area contributed by atoms with Crippen LogP contribution in [-0.4, -0.2) is 6.54 Å². The Bertz CT molecular complexity index is 410. The van der Waals surface area contributed by atoms with Crippen molar-refractivity contribution >= 4 is 5.69 Å². The van der Waals surface area contributed by atoms with E-state index in [0.29, 0.717) is 0 Å². The molecule has 17 heavy (non-hydrogen) atoms. The zero-order valence-corrected chi connectivity index (χ0v) is 11.0. The average molecular weight is 229 g/mol. The molecule has 0 spiro atoms. The Hall–Kier alpha value is -0.980. The third-order valence-electron chi connectivity index (χ3n) is 5.04. The van der Waals surface area contributed by atoms with E-state index in [1.54, 1.807) is 0 Å². The first-order valence-electron chi connectivity index (χ1n) is 7.04. The summed E-state index contributed by atoms with van der Waals surface area (Å²) in [6, 6.07) is 6.57. The van der Waals surface area contributed by atoms with Gasteiger partial charge < -0.3 is 5.32 Å². The van der Waals surface area contributed by atoms with Crippen LogP contribution in [0.25, 0.3) is 0 Å². The van der Waals surface area contributed by atoms with Crippen LogP contribution in [0.2, 0.25) is 0 Å². The molecule has 3 atom stereocenters. The van der Waals surface area contributed by atoms with Crippen LogP contribution in [0.15, 0.2) is 18.2 Å². The third kappa shape index (κ3) is 2.08. The summed E-state index contributed by atoms with van der Waals surface area (Å²) in [6.45, 7) is 5.60. The van der Waals surface area contributed by atoms with Crippen molar-refractivity contribution in [1.29, 1.82) is 0 Å². The van der Waals surface area contributed by atoms with Gasteiger partial charge in [-0.25, -0.2) is 0 Å². The first-order valence-corrected chi connectivity index (χ1v) is 7.04. The van der Waals surface area contributed by atoms with Gasteiger partial charge in [0.25, 0.3) is 0 Å². The topological polar surface area (TPSA) is 12.0 Å². The molecule has 1 heteroatoms. The van der Waals surface area contributed by atoms with Crippen molar-refractivity contribution in [2.24, 2.45) is 17.8 Å². The molecule has 0 aliphatic heterocycles. The van der Waals surface area contributed by atoms with E-state index in [4.69, 9.17) is 0 Å². The van der Waals surface area contributed by atoms with Gasteiger partial charge in [-0.15, -0.1) is 0 Å². The predicted molar refractivity (Wildman–Crippen MR) is 73.3 cm³/mol. The van der Waals surface area contributed by atoms with E-state index in [-0.39, 0.29) is 0 Å². The molecule has 1 nitrogen and oxygen atoms in total. The smallest absolute Gasteiger partial charge is 0.0372 e. The Morgan fingerprint density at radius 3 is 2.76 bits per heavy atom. The highest BCUT2D eigenvalue weighted by Crippen LogP contribution is 2.48. The molecule has 0 aromatic heterocycles. The summed E-state index contributed by atoms with van der Waals surface area (Å²) < 4.78 is 0. The number of fused-ring (bicyclic) bond motifs is 2. The molecule has 1 aromatic carbocycles. The Morgan fingerprint density at radius 2 is 2.06 bits per heavy atom. The van der Waals surface area contributed by atoms with E-state index in [2.05, 4.69) is 37.4 Å². The van der Waals surface area contributed by atoms with Gasteiger partial charge in [0.1, 0.15) is 0 Å². The predicted octanol–water partition coefficient (Wildman–Crippen LogP) is 4.15. The molecule has 92 valence electrons. The van der Waals surface area contributed by atoms with Gasteiger partial charge in [-0.05, 0) is 68.1 Å². The normalized spacial score (nSPS) is 30.8. The van der Waals surface area contributed by atoms with E-state index < -0.39 is 0 Å². The fourth-order valence-corrected chi connectivity index (χ4v) is 3.81. The lowest BCUT2D eigenvalue weighted by atomic mass is 9.89. The zero-order chi connectivity index (χ0) is 11.8. The second-order valence-corrected chi connectivity index (χ2v) is 6.06. The molecule has 3 rings (SSSR count). The zero-order valence-electron chi connectivity index (χ0n) is 11.0. The highest BCUT2D eigenvalue weighted by Gasteiger charge is 2.38. The number of anilines is 1. The molecule has 2 bridgehead atoms. The van der Waals surface area contributed by atoms with Crippen molar-refractivity contribution in [1.82, 2.24) is 0 Å². The lowest BCUT2D eigenvalue weighted by molar-refractivity contribution is 0.348. The van der Waals surface area contributed by atoms with Crippen molar-refractivity contribution in [3.63, 3.8) is 0 Å². The summed E-state index contributed by atoms with van der Waals surface area (Å²) in [5, 5.41) is 3.68. The minimum Gasteiger partial charge on any atom is -0.385 e. The van der Waals surface area contributed by atoms with Crippen LogP contribution < -0.4 is 5.32 Å². The van der Waals surface area contributed by atoms with Crippen LogP contribution in [0.3, 0.4) is 0 Å². The highest BCUT2D eigenvalue weighted by atomic mass is 14.9. The third-order valence-corrected chi connectivity index (χ3v) is 5.04. The van der Waals surface area contributed by atoms with E-state index in [9.17, 15) is 0 Å². The SMILES string of the molecule is Cc1cccc(NCC2CC3CCC2C3)c1C. The number of aryl methyl sites for hydroxylation is 1. The molecule has 0 amide bonds. The van der Waals surface area contributed by atoms with E-state index >= 15 is 0 Å². The van der Waals surface area contributed by atoms with E-state index in [1.165, 1.54) is 49.0 Å². The number of hydrogen-bond donors (Lipinski definition) is 1. The summed E-state index contributed by atoms with van der Waals surface area (Å²) in [5.41, 5.74) is 4.14. The Morgan fingerprint density at radius 1 is 1.18 bits per heavy atom. The van der Waals surface area contributed by atoms with Crippen LogP contribution in [0.5, 0.6) is 0 Å². The van der Waals surface area contributed by atoms with Gasteiger partial charge in [0.2, 0.25) is 0 Å². The van der Waals surface area contributed by atoms with Gasteiger partial charge in [-0.3, -0.25) is 0 Å². The largest absolute Gasteiger partial charge is 0.385 e. The Balaban J connectivity index is 1.62. The molecule has 2 aliphatic carbocycles. The molecule has 1 N–H and O–H groups in total. The number of benzene rings is 1. The first-order chi connectivity index (χ1) is 8.24.